The van der Waals surface area contributed by atoms with Crippen LogP contribution in [0.5, 0.6) is 5.75 Å². The molecule has 8 heteroatoms. The maximum absolute atomic E-state index is 6.42. The number of aryl methyl sites for hydroxylation is 2. The van der Waals surface area contributed by atoms with Gasteiger partial charge in [0.1, 0.15) is 5.75 Å². The molecule has 0 amide bonds. The molecule has 2 heterocycles. The van der Waals surface area contributed by atoms with Crippen LogP contribution in [0.15, 0.2) is 48.8 Å². The number of rotatable bonds is 8. The highest BCUT2D eigenvalue weighted by molar-refractivity contribution is 5.96. The fraction of sp³-hybridized carbons (Fsp3) is 0.357. The summed E-state index contributed by atoms with van der Waals surface area (Å²) in [5.74, 6) is 1.16. The van der Waals surface area contributed by atoms with E-state index in [1.165, 1.54) is 0 Å². The van der Waals surface area contributed by atoms with E-state index in [2.05, 4.69) is 57.1 Å². The SMILES string of the molecule is CC.COc1cc(N(C)CCN(C)C)c(N)cc1Nc1ncc(C)c(-c2cn(C)c3ccccc23)n1. The number of nitrogens with one attached hydrogen (secondary N) is 1. The van der Waals surface area contributed by atoms with Gasteiger partial charge in [-0.15, -0.1) is 0 Å². The number of nitrogen functional groups attached to an aromatic ring is 1. The van der Waals surface area contributed by atoms with Gasteiger partial charge in [-0.2, -0.15) is 0 Å². The zero-order valence-corrected chi connectivity index (χ0v) is 22.8. The molecular formula is C28H39N7O. The number of fused-ring (bicyclic) bond motifs is 1. The minimum Gasteiger partial charge on any atom is -0.494 e. The van der Waals surface area contributed by atoms with Crippen molar-refractivity contribution < 1.29 is 4.74 Å². The maximum atomic E-state index is 6.42. The highest BCUT2D eigenvalue weighted by Gasteiger charge is 2.16. The number of hydrogen-bond donors (Lipinski definition) is 2. The van der Waals surface area contributed by atoms with Gasteiger partial charge in [-0.1, -0.05) is 32.0 Å². The van der Waals surface area contributed by atoms with E-state index >= 15 is 0 Å². The molecule has 0 saturated carbocycles. The molecule has 3 N–H and O–H groups in total. The molecule has 0 unspecified atom stereocenters. The first-order chi connectivity index (χ1) is 17.3. The summed E-state index contributed by atoms with van der Waals surface area (Å²) in [4.78, 5) is 13.7. The molecule has 36 heavy (non-hydrogen) atoms. The van der Waals surface area contributed by atoms with Gasteiger partial charge in [0, 0.05) is 62.1 Å². The first kappa shape index (κ1) is 26.8. The fourth-order valence-corrected chi connectivity index (χ4v) is 4.08. The minimum atomic E-state index is 0.486. The van der Waals surface area contributed by atoms with Crippen molar-refractivity contribution in [3.05, 3.63) is 54.4 Å². The third-order valence-electron chi connectivity index (χ3n) is 6.01. The van der Waals surface area contributed by atoms with Gasteiger partial charge in [0.15, 0.2) is 0 Å². The van der Waals surface area contributed by atoms with Gasteiger partial charge >= 0.3 is 0 Å². The largest absolute Gasteiger partial charge is 0.494 e. The Balaban J connectivity index is 0.00000176. The zero-order chi connectivity index (χ0) is 26.4. The van der Waals surface area contributed by atoms with E-state index in [0.717, 1.165) is 52.2 Å². The standard InChI is InChI=1S/C26H33N7O.C2H6/c1-17-15-28-26(30-25(17)19-16-33(5)22-10-8-7-9-18(19)22)29-21-13-20(27)23(14-24(21)34-6)32(4)12-11-31(2)3;1-2/h7-10,13-16H,11-12,27H2,1-6H3,(H,28,29,30);1-2H3. The molecule has 2 aromatic heterocycles. The average Bonchev–Trinajstić information content (AvgIpc) is 3.21. The Morgan fingerprint density at radius 1 is 1.08 bits per heavy atom. The second-order valence-corrected chi connectivity index (χ2v) is 8.86. The molecule has 0 aliphatic carbocycles. The highest BCUT2D eigenvalue weighted by atomic mass is 16.5. The van der Waals surface area contributed by atoms with E-state index in [1.54, 1.807) is 7.11 Å². The van der Waals surface area contributed by atoms with Crippen molar-refractivity contribution in [2.24, 2.45) is 7.05 Å². The van der Waals surface area contributed by atoms with Crippen LogP contribution in [-0.2, 0) is 7.05 Å². The molecule has 0 saturated heterocycles. The Bertz CT molecular complexity index is 1310. The van der Waals surface area contributed by atoms with Crippen LogP contribution in [0.1, 0.15) is 19.4 Å². The Morgan fingerprint density at radius 2 is 1.81 bits per heavy atom. The average molecular weight is 490 g/mol. The minimum absolute atomic E-state index is 0.486. The summed E-state index contributed by atoms with van der Waals surface area (Å²) in [5, 5.41) is 4.47. The van der Waals surface area contributed by atoms with Crippen LogP contribution in [0, 0.1) is 6.92 Å². The molecule has 4 rings (SSSR count). The van der Waals surface area contributed by atoms with Crippen LogP contribution in [0.3, 0.4) is 0 Å². The van der Waals surface area contributed by atoms with E-state index in [-0.39, 0.29) is 0 Å². The van der Waals surface area contributed by atoms with Gasteiger partial charge < -0.3 is 30.2 Å². The first-order valence-corrected chi connectivity index (χ1v) is 12.3. The molecule has 2 aromatic carbocycles. The van der Waals surface area contributed by atoms with Crippen LogP contribution in [-0.4, -0.2) is 60.8 Å². The lowest BCUT2D eigenvalue weighted by molar-refractivity contribution is 0.413. The Hall–Kier alpha value is -3.78. The molecule has 8 nitrogen and oxygen atoms in total. The zero-order valence-electron chi connectivity index (χ0n) is 22.8. The number of nitrogens with zero attached hydrogens (tertiary/aromatic N) is 5. The van der Waals surface area contributed by atoms with Gasteiger partial charge in [0.25, 0.3) is 0 Å². The molecule has 0 spiro atoms. The lowest BCUT2D eigenvalue weighted by atomic mass is 10.1. The van der Waals surface area contributed by atoms with E-state index in [9.17, 15) is 0 Å². The number of aromatic nitrogens is 3. The summed E-state index contributed by atoms with van der Waals surface area (Å²) < 4.78 is 7.79. The molecular weight excluding hydrogens is 450 g/mol. The van der Waals surface area contributed by atoms with E-state index < -0.39 is 0 Å². The molecule has 4 aromatic rings. The molecule has 0 aliphatic rings. The van der Waals surface area contributed by atoms with Crippen LogP contribution in [0.4, 0.5) is 23.0 Å². The second-order valence-electron chi connectivity index (χ2n) is 8.86. The van der Waals surface area contributed by atoms with Crippen molar-refractivity contribution in [2.75, 3.05) is 57.3 Å². The molecule has 0 bridgehead atoms. The summed E-state index contributed by atoms with van der Waals surface area (Å²) in [6.45, 7) is 7.80. The van der Waals surface area contributed by atoms with Crippen molar-refractivity contribution in [2.45, 2.75) is 20.8 Å². The Labute approximate surface area is 214 Å². The number of ether oxygens (including phenoxy) is 1. The number of methoxy groups -OCH3 is 1. The van der Waals surface area contributed by atoms with E-state index in [0.29, 0.717) is 17.4 Å². The van der Waals surface area contributed by atoms with Crippen molar-refractivity contribution in [3.63, 3.8) is 0 Å². The number of benzene rings is 2. The molecule has 0 radical (unpaired) electrons. The highest BCUT2D eigenvalue weighted by Crippen LogP contribution is 2.37. The maximum Gasteiger partial charge on any atom is 0.227 e. The summed E-state index contributed by atoms with van der Waals surface area (Å²) >= 11 is 0. The normalized spacial score (nSPS) is 10.8. The molecule has 0 atom stereocenters. The smallest absolute Gasteiger partial charge is 0.227 e. The van der Waals surface area contributed by atoms with Crippen molar-refractivity contribution in [3.8, 4) is 17.0 Å². The molecule has 0 aliphatic heterocycles. The lowest BCUT2D eigenvalue weighted by Crippen LogP contribution is -2.29. The summed E-state index contributed by atoms with van der Waals surface area (Å²) in [6, 6.07) is 12.2. The van der Waals surface area contributed by atoms with Crippen molar-refractivity contribution in [1.82, 2.24) is 19.4 Å². The number of para-hydroxylation sites is 1. The van der Waals surface area contributed by atoms with Gasteiger partial charge in [0.05, 0.1) is 29.9 Å². The number of anilines is 4. The predicted octanol–water partition coefficient (Wildman–Crippen LogP) is 5.30. The summed E-state index contributed by atoms with van der Waals surface area (Å²) in [6.07, 6.45) is 3.95. The van der Waals surface area contributed by atoms with Crippen molar-refractivity contribution in [1.29, 1.82) is 0 Å². The van der Waals surface area contributed by atoms with Gasteiger partial charge in [-0.05, 0) is 38.7 Å². The van der Waals surface area contributed by atoms with Crippen LogP contribution in [0.25, 0.3) is 22.2 Å². The van der Waals surface area contributed by atoms with E-state index in [1.807, 2.05) is 65.3 Å². The van der Waals surface area contributed by atoms with Crippen LogP contribution in [0.2, 0.25) is 0 Å². The predicted molar refractivity (Wildman–Crippen MR) is 153 cm³/mol. The summed E-state index contributed by atoms with van der Waals surface area (Å²) in [5.41, 5.74) is 12.9. The molecule has 192 valence electrons. The fourth-order valence-electron chi connectivity index (χ4n) is 4.08. The molecule has 0 fully saturated rings. The quantitative estimate of drug-likeness (QED) is 0.325. The number of likely N-dealkylation sites (N-methyl/N-ethyl adjacent to an activating group) is 2. The monoisotopic (exact) mass is 489 g/mol. The van der Waals surface area contributed by atoms with Crippen LogP contribution >= 0.6 is 0 Å². The Kier molecular flexibility index (Phi) is 8.77. The summed E-state index contributed by atoms with van der Waals surface area (Å²) in [7, 11) is 9.84. The van der Waals surface area contributed by atoms with Crippen molar-refractivity contribution >= 4 is 33.9 Å². The Morgan fingerprint density at radius 3 is 2.50 bits per heavy atom. The third-order valence-corrected chi connectivity index (χ3v) is 6.01. The number of nitrogens with two attached hydrogens (primary N) is 1. The topological polar surface area (TPSA) is 84.5 Å². The van der Waals surface area contributed by atoms with Crippen LogP contribution < -0.4 is 20.7 Å². The van der Waals surface area contributed by atoms with Gasteiger partial charge in [-0.25, -0.2) is 9.97 Å². The van der Waals surface area contributed by atoms with E-state index in [4.69, 9.17) is 15.5 Å². The number of hydrogen-bond acceptors (Lipinski definition) is 7. The third kappa shape index (κ3) is 5.71. The first-order valence-electron chi connectivity index (χ1n) is 12.3. The lowest BCUT2D eigenvalue weighted by Gasteiger charge is -2.24. The van der Waals surface area contributed by atoms with Gasteiger partial charge in [-0.3, -0.25) is 0 Å². The second kappa shape index (κ2) is 11.8. The van der Waals surface area contributed by atoms with Gasteiger partial charge in [0.2, 0.25) is 5.95 Å².